The SMILES string of the molecule is COc1ccc2c3c1OC1C[C@@H](OC(=O)c4ccccc4)CCC(C)[C@@]31CCN(C)C2. The summed E-state index contributed by atoms with van der Waals surface area (Å²) in [5.41, 5.74) is 3.21. The Labute approximate surface area is 184 Å². The van der Waals surface area contributed by atoms with E-state index >= 15 is 0 Å². The molecule has 0 bridgehead atoms. The van der Waals surface area contributed by atoms with Crippen LogP contribution in [0.1, 0.15) is 54.1 Å². The number of benzene rings is 2. The van der Waals surface area contributed by atoms with E-state index in [-0.39, 0.29) is 23.6 Å². The van der Waals surface area contributed by atoms with Crippen LogP contribution in [0.15, 0.2) is 42.5 Å². The van der Waals surface area contributed by atoms with Crippen molar-refractivity contribution in [3.63, 3.8) is 0 Å². The topological polar surface area (TPSA) is 48.0 Å². The maximum Gasteiger partial charge on any atom is 0.338 e. The summed E-state index contributed by atoms with van der Waals surface area (Å²) < 4.78 is 18.4. The second-order valence-corrected chi connectivity index (χ2v) is 9.37. The maximum atomic E-state index is 12.7. The van der Waals surface area contributed by atoms with E-state index in [0.717, 1.165) is 43.9 Å². The van der Waals surface area contributed by atoms with Gasteiger partial charge in [0.25, 0.3) is 0 Å². The first-order valence-electron chi connectivity index (χ1n) is 11.3. The number of hydrogen-bond donors (Lipinski definition) is 0. The molecule has 0 saturated heterocycles. The molecular weight excluding hydrogens is 390 g/mol. The first-order chi connectivity index (χ1) is 15.0. The molecule has 5 heteroatoms. The van der Waals surface area contributed by atoms with Gasteiger partial charge in [-0.15, -0.1) is 0 Å². The van der Waals surface area contributed by atoms with E-state index in [9.17, 15) is 4.79 Å². The monoisotopic (exact) mass is 421 g/mol. The molecular formula is C26H31NO4. The van der Waals surface area contributed by atoms with Gasteiger partial charge in [-0.3, -0.25) is 0 Å². The highest BCUT2D eigenvalue weighted by atomic mass is 16.6. The third kappa shape index (κ3) is 3.30. The molecule has 164 valence electrons. The summed E-state index contributed by atoms with van der Waals surface area (Å²) in [5.74, 6) is 1.89. The average Bonchev–Trinajstić information content (AvgIpc) is 2.94. The van der Waals surface area contributed by atoms with Gasteiger partial charge in [-0.1, -0.05) is 31.2 Å². The molecule has 1 saturated carbocycles. The zero-order chi connectivity index (χ0) is 21.6. The molecule has 0 amide bonds. The van der Waals surface area contributed by atoms with E-state index in [4.69, 9.17) is 14.2 Å². The van der Waals surface area contributed by atoms with Crippen LogP contribution in [0.25, 0.3) is 0 Å². The van der Waals surface area contributed by atoms with Crippen LogP contribution in [0.5, 0.6) is 11.5 Å². The lowest BCUT2D eigenvalue weighted by atomic mass is 9.64. The normalized spacial score (nSPS) is 29.7. The lowest BCUT2D eigenvalue weighted by Gasteiger charge is -2.38. The Hall–Kier alpha value is -2.53. The van der Waals surface area contributed by atoms with Crippen LogP contribution in [-0.2, 0) is 16.7 Å². The van der Waals surface area contributed by atoms with Crippen LogP contribution >= 0.6 is 0 Å². The Morgan fingerprint density at radius 2 is 1.97 bits per heavy atom. The molecule has 2 unspecified atom stereocenters. The summed E-state index contributed by atoms with van der Waals surface area (Å²) in [5, 5.41) is 0. The molecule has 1 aliphatic carbocycles. The second kappa shape index (κ2) is 7.86. The first kappa shape index (κ1) is 20.4. The van der Waals surface area contributed by atoms with E-state index in [1.165, 1.54) is 11.1 Å². The fraction of sp³-hybridized carbons (Fsp3) is 0.500. The van der Waals surface area contributed by atoms with Gasteiger partial charge in [0.05, 0.1) is 12.7 Å². The summed E-state index contributed by atoms with van der Waals surface area (Å²) in [6.45, 7) is 4.29. The minimum atomic E-state index is -0.247. The quantitative estimate of drug-likeness (QED) is 0.679. The lowest BCUT2D eigenvalue weighted by Crippen LogP contribution is -2.44. The van der Waals surface area contributed by atoms with Crippen LogP contribution < -0.4 is 9.47 Å². The fourth-order valence-corrected chi connectivity index (χ4v) is 5.98. The van der Waals surface area contributed by atoms with Crippen molar-refractivity contribution in [3.05, 3.63) is 59.2 Å². The number of methoxy groups -OCH3 is 1. The minimum absolute atomic E-state index is 0.0184. The Morgan fingerprint density at radius 3 is 2.74 bits per heavy atom. The summed E-state index contributed by atoms with van der Waals surface area (Å²) >= 11 is 0. The maximum absolute atomic E-state index is 12.7. The van der Waals surface area contributed by atoms with Crippen molar-refractivity contribution in [2.24, 2.45) is 5.92 Å². The van der Waals surface area contributed by atoms with Gasteiger partial charge < -0.3 is 19.1 Å². The highest BCUT2D eigenvalue weighted by molar-refractivity contribution is 5.89. The molecule has 2 aliphatic heterocycles. The van der Waals surface area contributed by atoms with Crippen LogP contribution in [0.4, 0.5) is 0 Å². The standard InChI is InChI=1S/C26H31NO4/c1-17-9-11-20(30-25(28)18-7-5-4-6-8-18)15-22-26(17)13-14-27(2)16-19-10-12-21(29-3)24(31-22)23(19)26/h4-8,10,12,17,20,22H,9,11,13-16H2,1-3H3/t17?,20-,22?,26+/m0/s1. The molecule has 0 aromatic heterocycles. The van der Waals surface area contributed by atoms with Crippen molar-refractivity contribution in [3.8, 4) is 11.5 Å². The number of rotatable bonds is 3. The number of nitrogens with zero attached hydrogens (tertiary/aromatic N) is 1. The minimum Gasteiger partial charge on any atom is -0.493 e. The zero-order valence-electron chi connectivity index (χ0n) is 18.6. The average molecular weight is 422 g/mol. The number of ether oxygens (including phenoxy) is 3. The molecule has 3 aliphatic rings. The molecule has 1 spiro atoms. The van der Waals surface area contributed by atoms with Crippen LogP contribution in [0, 0.1) is 5.92 Å². The van der Waals surface area contributed by atoms with Crippen LogP contribution in [0.2, 0.25) is 0 Å². The molecule has 2 heterocycles. The lowest BCUT2D eigenvalue weighted by molar-refractivity contribution is 0.0136. The van der Waals surface area contributed by atoms with E-state index in [0.29, 0.717) is 17.9 Å². The smallest absolute Gasteiger partial charge is 0.338 e. The highest BCUT2D eigenvalue weighted by Crippen LogP contribution is 2.58. The van der Waals surface area contributed by atoms with Crippen molar-refractivity contribution < 1.29 is 19.0 Å². The molecule has 0 N–H and O–H groups in total. The summed E-state index contributed by atoms with van der Waals surface area (Å²) in [7, 11) is 3.90. The number of hydrogen-bond acceptors (Lipinski definition) is 5. The third-order valence-electron chi connectivity index (χ3n) is 7.64. The first-order valence-corrected chi connectivity index (χ1v) is 11.3. The molecule has 2 aromatic rings. The highest BCUT2D eigenvalue weighted by Gasteiger charge is 2.56. The summed E-state index contributed by atoms with van der Waals surface area (Å²) in [4.78, 5) is 15.1. The predicted molar refractivity (Wildman–Crippen MR) is 119 cm³/mol. The number of esters is 1. The number of carbonyl (C=O) groups excluding carboxylic acids is 1. The van der Waals surface area contributed by atoms with Crippen molar-refractivity contribution >= 4 is 5.97 Å². The Kier molecular flexibility index (Phi) is 5.17. The van der Waals surface area contributed by atoms with Gasteiger partial charge in [-0.2, -0.15) is 0 Å². The van der Waals surface area contributed by atoms with Gasteiger partial charge in [0.1, 0.15) is 12.2 Å². The summed E-state index contributed by atoms with van der Waals surface area (Å²) in [6, 6.07) is 13.5. The molecule has 0 radical (unpaired) electrons. The predicted octanol–water partition coefficient (Wildman–Crippen LogP) is 4.58. The van der Waals surface area contributed by atoms with Gasteiger partial charge >= 0.3 is 5.97 Å². The van der Waals surface area contributed by atoms with Crippen molar-refractivity contribution in [1.29, 1.82) is 0 Å². The van der Waals surface area contributed by atoms with Crippen molar-refractivity contribution in [2.45, 2.75) is 56.8 Å². The Bertz CT molecular complexity index is 975. The molecule has 5 rings (SSSR count). The number of carbonyl (C=O) groups is 1. The van der Waals surface area contributed by atoms with E-state index in [1.807, 2.05) is 36.4 Å². The largest absolute Gasteiger partial charge is 0.493 e. The van der Waals surface area contributed by atoms with Crippen molar-refractivity contribution in [1.82, 2.24) is 4.90 Å². The Morgan fingerprint density at radius 1 is 1.16 bits per heavy atom. The second-order valence-electron chi connectivity index (χ2n) is 9.37. The molecule has 4 atom stereocenters. The van der Waals surface area contributed by atoms with Gasteiger partial charge in [0.2, 0.25) is 0 Å². The summed E-state index contributed by atoms with van der Waals surface area (Å²) in [6.07, 6.45) is 3.46. The molecule has 1 fully saturated rings. The molecule has 2 aromatic carbocycles. The van der Waals surface area contributed by atoms with E-state index < -0.39 is 0 Å². The zero-order valence-corrected chi connectivity index (χ0v) is 18.6. The van der Waals surface area contributed by atoms with Gasteiger partial charge in [0, 0.05) is 23.9 Å². The third-order valence-corrected chi connectivity index (χ3v) is 7.64. The van der Waals surface area contributed by atoms with Gasteiger partial charge in [0.15, 0.2) is 11.5 Å². The van der Waals surface area contributed by atoms with Crippen LogP contribution in [0.3, 0.4) is 0 Å². The van der Waals surface area contributed by atoms with Crippen LogP contribution in [-0.4, -0.2) is 43.8 Å². The molecule has 31 heavy (non-hydrogen) atoms. The van der Waals surface area contributed by atoms with Gasteiger partial charge in [-0.05, 0) is 62.5 Å². The van der Waals surface area contributed by atoms with Gasteiger partial charge in [-0.25, -0.2) is 4.79 Å². The Balaban J connectivity index is 1.50. The van der Waals surface area contributed by atoms with E-state index in [1.54, 1.807) is 7.11 Å². The van der Waals surface area contributed by atoms with E-state index in [2.05, 4.69) is 24.9 Å². The van der Waals surface area contributed by atoms with Crippen molar-refractivity contribution in [2.75, 3.05) is 20.7 Å². The fourth-order valence-electron chi connectivity index (χ4n) is 5.98. The molecule has 5 nitrogen and oxygen atoms in total.